The van der Waals surface area contributed by atoms with Crippen molar-refractivity contribution in [2.24, 2.45) is 24.8 Å². The van der Waals surface area contributed by atoms with Crippen LogP contribution in [0.3, 0.4) is 0 Å². The van der Waals surface area contributed by atoms with Gasteiger partial charge in [-0.2, -0.15) is 5.10 Å². The zero-order valence-corrected chi connectivity index (χ0v) is 26.4. The van der Waals surface area contributed by atoms with Gasteiger partial charge in [0, 0.05) is 49.7 Å². The first-order valence-electron chi connectivity index (χ1n) is 16.6. The third-order valence-corrected chi connectivity index (χ3v) is 9.91. The number of nitrogens with one attached hydrogen (secondary N) is 1. The second kappa shape index (κ2) is 14.6. The van der Waals surface area contributed by atoms with Gasteiger partial charge in [0.2, 0.25) is 5.91 Å². The molecule has 0 saturated heterocycles. The molecule has 1 aromatic carbocycles. The lowest BCUT2D eigenvalue weighted by atomic mass is 9.73. The number of benzene rings is 1. The highest BCUT2D eigenvalue weighted by Gasteiger charge is 2.34. The van der Waals surface area contributed by atoms with Crippen molar-refractivity contribution in [2.45, 2.75) is 83.1 Å². The summed E-state index contributed by atoms with van der Waals surface area (Å²) in [5.74, 6) is 4.99. The molecule has 2 aliphatic carbocycles. The summed E-state index contributed by atoms with van der Waals surface area (Å²) in [7, 11) is 1.91. The third-order valence-electron chi connectivity index (χ3n) is 9.91. The Morgan fingerprint density at radius 2 is 1.76 bits per heavy atom. The van der Waals surface area contributed by atoms with Gasteiger partial charge in [0.25, 0.3) is 0 Å². The van der Waals surface area contributed by atoms with E-state index < -0.39 is 0 Å². The number of terminal acetylenes is 1. The minimum absolute atomic E-state index is 0.0454. The Labute approximate surface area is 267 Å². The highest BCUT2D eigenvalue weighted by Crippen LogP contribution is 2.39. The quantitative estimate of drug-likeness (QED) is 0.191. The SMILES string of the molecule is C#Cc1cnc(C[C@H]2CC[C@H](C(C(=O)NCc3ccccc3)c3ccc(-c4cnn(C)c4)cn3)CC2)nc1CCC1CCCC1. The first kappa shape index (κ1) is 30.7. The molecule has 0 bridgehead atoms. The molecule has 1 amide bonds. The molecule has 2 saturated carbocycles. The lowest BCUT2D eigenvalue weighted by molar-refractivity contribution is -0.124. The Balaban J connectivity index is 1.12. The molecular formula is C38H44N6O. The van der Waals surface area contributed by atoms with Crippen LogP contribution in [0, 0.1) is 30.1 Å². The number of carbonyl (C=O) groups excluding carboxylic acids is 1. The van der Waals surface area contributed by atoms with Gasteiger partial charge in [0.1, 0.15) is 5.82 Å². The van der Waals surface area contributed by atoms with E-state index in [1.807, 2.05) is 68.2 Å². The summed E-state index contributed by atoms with van der Waals surface area (Å²) in [5, 5.41) is 7.50. The van der Waals surface area contributed by atoms with Crippen LogP contribution in [0.2, 0.25) is 0 Å². The van der Waals surface area contributed by atoms with Crippen molar-refractivity contribution >= 4 is 5.91 Å². The maximum Gasteiger partial charge on any atom is 0.229 e. The van der Waals surface area contributed by atoms with Crippen molar-refractivity contribution in [3.8, 4) is 23.5 Å². The lowest BCUT2D eigenvalue weighted by Gasteiger charge is -2.33. The summed E-state index contributed by atoms with van der Waals surface area (Å²) >= 11 is 0. The molecule has 232 valence electrons. The monoisotopic (exact) mass is 600 g/mol. The van der Waals surface area contributed by atoms with E-state index in [0.717, 1.165) is 83.9 Å². The van der Waals surface area contributed by atoms with Gasteiger partial charge >= 0.3 is 0 Å². The van der Waals surface area contributed by atoms with Crippen molar-refractivity contribution in [3.63, 3.8) is 0 Å². The van der Waals surface area contributed by atoms with Crippen LogP contribution in [0.4, 0.5) is 0 Å². The van der Waals surface area contributed by atoms with Gasteiger partial charge in [-0.15, -0.1) is 6.42 Å². The van der Waals surface area contributed by atoms with Crippen LogP contribution in [0.5, 0.6) is 0 Å². The number of aryl methyl sites for hydroxylation is 2. The van der Waals surface area contributed by atoms with Crippen molar-refractivity contribution in [1.29, 1.82) is 0 Å². The molecule has 1 unspecified atom stereocenters. The Bertz CT molecular complexity index is 1590. The van der Waals surface area contributed by atoms with E-state index in [1.165, 1.54) is 32.1 Å². The molecular weight excluding hydrogens is 556 g/mol. The van der Waals surface area contributed by atoms with E-state index in [4.69, 9.17) is 16.4 Å². The lowest BCUT2D eigenvalue weighted by Crippen LogP contribution is -2.35. The second-order valence-electron chi connectivity index (χ2n) is 13.0. The van der Waals surface area contributed by atoms with E-state index in [1.54, 1.807) is 4.68 Å². The molecule has 3 heterocycles. The predicted molar refractivity (Wildman–Crippen MR) is 177 cm³/mol. The number of amides is 1. The minimum atomic E-state index is -0.300. The average molecular weight is 601 g/mol. The van der Waals surface area contributed by atoms with E-state index in [0.29, 0.717) is 12.5 Å². The summed E-state index contributed by atoms with van der Waals surface area (Å²) in [6, 6.07) is 14.2. The number of rotatable bonds is 11. The van der Waals surface area contributed by atoms with Crippen LogP contribution in [0.25, 0.3) is 11.1 Å². The number of pyridine rings is 1. The van der Waals surface area contributed by atoms with Gasteiger partial charge in [0.05, 0.1) is 29.1 Å². The number of hydrogen-bond donors (Lipinski definition) is 1. The van der Waals surface area contributed by atoms with Crippen molar-refractivity contribution in [2.75, 3.05) is 0 Å². The zero-order chi connectivity index (χ0) is 31.0. The summed E-state index contributed by atoms with van der Waals surface area (Å²) in [5.41, 5.74) is 5.81. The van der Waals surface area contributed by atoms with Crippen LogP contribution in [0.1, 0.15) is 92.0 Å². The molecule has 1 N–H and O–H groups in total. The maximum atomic E-state index is 13.8. The van der Waals surface area contributed by atoms with Crippen molar-refractivity contribution in [1.82, 2.24) is 30.0 Å². The molecule has 4 aromatic rings. The Kier molecular flexibility index (Phi) is 9.99. The van der Waals surface area contributed by atoms with Crippen molar-refractivity contribution < 1.29 is 4.79 Å². The van der Waals surface area contributed by atoms with Gasteiger partial charge in [0.15, 0.2) is 0 Å². The van der Waals surface area contributed by atoms with Crippen LogP contribution < -0.4 is 5.32 Å². The summed E-state index contributed by atoms with van der Waals surface area (Å²) in [4.78, 5) is 28.3. The maximum absolute atomic E-state index is 13.8. The van der Waals surface area contributed by atoms with Gasteiger partial charge < -0.3 is 5.32 Å². The molecule has 1 atom stereocenters. The van der Waals surface area contributed by atoms with Crippen LogP contribution in [-0.4, -0.2) is 30.6 Å². The Hall–Kier alpha value is -4.31. The van der Waals surface area contributed by atoms with E-state index in [-0.39, 0.29) is 17.7 Å². The van der Waals surface area contributed by atoms with Gasteiger partial charge in [-0.05, 0) is 67.9 Å². The van der Waals surface area contributed by atoms with Gasteiger partial charge in [-0.1, -0.05) is 68.0 Å². The molecule has 0 spiro atoms. The molecule has 7 heteroatoms. The van der Waals surface area contributed by atoms with E-state index >= 15 is 0 Å². The number of carbonyl (C=O) groups is 1. The third kappa shape index (κ3) is 7.86. The predicted octanol–water partition coefficient (Wildman–Crippen LogP) is 6.83. The first-order valence-corrected chi connectivity index (χ1v) is 16.6. The normalized spacial score (nSPS) is 19.2. The highest BCUT2D eigenvalue weighted by atomic mass is 16.1. The molecule has 2 fully saturated rings. The second-order valence-corrected chi connectivity index (χ2v) is 13.0. The van der Waals surface area contributed by atoms with E-state index in [9.17, 15) is 4.79 Å². The molecule has 45 heavy (non-hydrogen) atoms. The fourth-order valence-corrected chi connectivity index (χ4v) is 7.31. The molecule has 7 nitrogen and oxygen atoms in total. The average Bonchev–Trinajstić information content (AvgIpc) is 3.77. The van der Waals surface area contributed by atoms with Gasteiger partial charge in [-0.3, -0.25) is 14.5 Å². The fraction of sp³-hybridized carbons (Fsp3) is 0.447. The summed E-state index contributed by atoms with van der Waals surface area (Å²) < 4.78 is 1.79. The van der Waals surface area contributed by atoms with Crippen molar-refractivity contribution in [3.05, 3.63) is 95.6 Å². The van der Waals surface area contributed by atoms with Gasteiger partial charge in [-0.25, -0.2) is 9.97 Å². The zero-order valence-electron chi connectivity index (χ0n) is 26.4. The number of aromatic nitrogens is 5. The molecule has 2 aliphatic rings. The number of hydrogen-bond acceptors (Lipinski definition) is 5. The molecule has 6 rings (SSSR count). The van der Waals surface area contributed by atoms with Crippen LogP contribution >= 0.6 is 0 Å². The fourth-order valence-electron chi connectivity index (χ4n) is 7.31. The van der Waals surface area contributed by atoms with Crippen LogP contribution in [0.15, 0.2) is 67.3 Å². The summed E-state index contributed by atoms with van der Waals surface area (Å²) in [6.07, 6.45) is 25.7. The van der Waals surface area contributed by atoms with Crippen LogP contribution in [-0.2, 0) is 31.2 Å². The van der Waals surface area contributed by atoms with E-state index in [2.05, 4.69) is 27.4 Å². The number of nitrogens with zero attached hydrogens (tertiary/aromatic N) is 5. The molecule has 0 radical (unpaired) electrons. The highest BCUT2D eigenvalue weighted by molar-refractivity contribution is 5.83. The standard InChI is InChI=1S/C38H44N6O/c1-3-30-23-40-36(43-34(30)19-15-27-9-7-8-10-27)21-28-13-16-31(17-14-28)37(38(45)41-22-29-11-5-4-6-12-29)35-20-18-32(24-39-35)33-25-42-44(2)26-33/h1,4-6,11-12,18,20,23-28,31,37H,7-10,13-17,19,21-22H2,2H3,(H,41,45)/t28-,31-,37?. The molecule has 3 aromatic heterocycles. The Morgan fingerprint density at radius 3 is 2.44 bits per heavy atom. The minimum Gasteiger partial charge on any atom is -0.351 e. The molecule has 0 aliphatic heterocycles. The largest absolute Gasteiger partial charge is 0.351 e. The first-order chi connectivity index (χ1) is 22.1. The topological polar surface area (TPSA) is 85.6 Å². The Morgan fingerprint density at radius 1 is 0.956 bits per heavy atom. The summed E-state index contributed by atoms with van der Waals surface area (Å²) in [6.45, 7) is 0.507. The smallest absolute Gasteiger partial charge is 0.229 e.